The molecular weight excluding hydrogens is 312 g/mol. The molecule has 1 heterocycles. The van der Waals surface area contributed by atoms with Crippen molar-refractivity contribution < 1.29 is 14.3 Å². The molecule has 0 saturated heterocycles. The second-order valence-electron chi connectivity index (χ2n) is 4.06. The molecule has 1 unspecified atom stereocenters. The molecule has 0 amide bonds. The van der Waals surface area contributed by atoms with E-state index in [2.05, 4.69) is 0 Å². The van der Waals surface area contributed by atoms with Crippen LogP contribution in [0, 0.1) is 3.82 Å². The first-order chi connectivity index (χ1) is 9.63. The molecule has 0 aliphatic carbocycles. The molecule has 20 heavy (non-hydrogen) atoms. The number of rotatable bonds is 5. The van der Waals surface area contributed by atoms with Crippen LogP contribution in [0.1, 0.15) is 13.3 Å². The van der Waals surface area contributed by atoms with Gasteiger partial charge in [-0.05, 0) is 42.3 Å². The van der Waals surface area contributed by atoms with Gasteiger partial charge in [-0.15, -0.1) is 0 Å². The molecule has 106 valence electrons. The fourth-order valence-electron chi connectivity index (χ4n) is 1.66. The fraction of sp³-hybridized carbons (Fsp3) is 0.286. The number of ether oxygens (including phenoxy) is 2. The van der Waals surface area contributed by atoms with Crippen molar-refractivity contribution in [3.63, 3.8) is 0 Å². The third-order valence-electron chi connectivity index (χ3n) is 2.71. The molecule has 0 aliphatic heterocycles. The fourth-order valence-corrected chi connectivity index (χ4v) is 4.07. The molecule has 6 heteroatoms. The average molecular weight is 326 g/mol. The van der Waals surface area contributed by atoms with Gasteiger partial charge in [0.2, 0.25) is 0 Å². The van der Waals surface area contributed by atoms with Crippen molar-refractivity contribution in [1.29, 1.82) is 0 Å². The van der Waals surface area contributed by atoms with Crippen molar-refractivity contribution in [2.75, 3.05) is 7.11 Å². The lowest BCUT2D eigenvalue weighted by Gasteiger charge is -2.15. The number of hydrogen-bond acceptors (Lipinski definition) is 6. The Balaban J connectivity index is 2.12. The minimum Gasteiger partial charge on any atom is -0.479 e. The molecule has 0 bridgehead atoms. The Morgan fingerprint density at radius 1 is 1.30 bits per heavy atom. The highest BCUT2D eigenvalue weighted by atomic mass is 32.9. The van der Waals surface area contributed by atoms with Crippen LogP contribution in [-0.4, -0.2) is 19.2 Å². The molecule has 0 spiro atoms. The Morgan fingerprint density at radius 3 is 2.50 bits per heavy atom. The summed E-state index contributed by atoms with van der Waals surface area (Å²) in [6.45, 7) is 1.88. The monoisotopic (exact) mass is 326 g/mol. The normalized spacial score (nSPS) is 11.9. The second-order valence-corrected chi connectivity index (χ2v) is 6.97. The summed E-state index contributed by atoms with van der Waals surface area (Å²) in [6.07, 6.45) is 0.00872. The predicted octanol–water partition coefficient (Wildman–Crippen LogP) is 4.54. The van der Waals surface area contributed by atoms with E-state index < -0.39 is 6.10 Å². The van der Waals surface area contributed by atoms with Gasteiger partial charge in [-0.2, -0.15) is 0 Å². The van der Waals surface area contributed by atoms with E-state index >= 15 is 0 Å². The number of esters is 1. The lowest BCUT2D eigenvalue weighted by Crippen LogP contribution is -2.27. The highest BCUT2D eigenvalue weighted by Gasteiger charge is 2.18. The number of benzene rings is 1. The summed E-state index contributed by atoms with van der Waals surface area (Å²) < 4.78 is 11.2. The van der Waals surface area contributed by atoms with Gasteiger partial charge in [0.1, 0.15) is 9.57 Å². The van der Waals surface area contributed by atoms with E-state index in [-0.39, 0.29) is 5.97 Å². The van der Waals surface area contributed by atoms with Gasteiger partial charge in [-0.25, -0.2) is 4.79 Å². The molecule has 1 aromatic heterocycles. The lowest BCUT2D eigenvalue weighted by molar-refractivity contribution is -0.148. The Hall–Kier alpha value is -1.24. The summed E-state index contributed by atoms with van der Waals surface area (Å²) >= 11 is 5.13. The van der Waals surface area contributed by atoms with Gasteiger partial charge >= 0.3 is 5.97 Å². The maximum Gasteiger partial charge on any atom is 0.347 e. The number of carbonyl (C=O) groups excluding carboxylic acids is 1. The lowest BCUT2D eigenvalue weighted by atomic mass is 10.2. The Kier molecular flexibility index (Phi) is 5.28. The van der Waals surface area contributed by atoms with E-state index in [0.29, 0.717) is 12.2 Å². The van der Waals surface area contributed by atoms with Gasteiger partial charge in [0.25, 0.3) is 0 Å². The third kappa shape index (κ3) is 3.65. The quantitative estimate of drug-likeness (QED) is 0.459. The zero-order chi connectivity index (χ0) is 14.5. The minimum atomic E-state index is -0.561. The number of carbonyl (C=O) groups is 1. The Labute approximate surface area is 130 Å². The largest absolute Gasteiger partial charge is 0.479 e. The highest BCUT2D eigenvalue weighted by molar-refractivity contribution is 7.80. The van der Waals surface area contributed by atoms with E-state index in [1.807, 2.05) is 37.3 Å². The minimum absolute atomic E-state index is 0.354. The first-order valence-corrected chi connectivity index (χ1v) is 8.65. The molecule has 3 nitrogen and oxygen atoms in total. The molecule has 0 N–H and O–H groups in total. The average Bonchev–Trinajstić information content (AvgIpc) is 2.91. The second kappa shape index (κ2) is 6.97. The first-order valence-electron chi connectivity index (χ1n) is 6.09. The molecule has 2 rings (SSSR count). The van der Waals surface area contributed by atoms with Gasteiger partial charge in [-0.1, -0.05) is 39.8 Å². The van der Waals surface area contributed by atoms with Gasteiger partial charge in [0.15, 0.2) is 6.10 Å². The third-order valence-corrected chi connectivity index (χ3v) is 5.62. The summed E-state index contributed by atoms with van der Waals surface area (Å²) in [5.74, 6) is 0.303. The van der Waals surface area contributed by atoms with Crippen LogP contribution in [-0.2, 0) is 9.53 Å². The summed E-state index contributed by atoms with van der Waals surface area (Å²) in [6, 6.07) is 9.63. The zero-order valence-corrected chi connectivity index (χ0v) is 13.6. The van der Waals surface area contributed by atoms with Gasteiger partial charge < -0.3 is 9.47 Å². The van der Waals surface area contributed by atoms with Crippen molar-refractivity contribution >= 4 is 38.9 Å². The van der Waals surface area contributed by atoms with Crippen LogP contribution >= 0.6 is 32.9 Å². The molecule has 0 radical (unpaired) electrons. The van der Waals surface area contributed by atoms with E-state index in [4.69, 9.17) is 21.7 Å². The summed E-state index contributed by atoms with van der Waals surface area (Å²) in [7, 11) is 4.61. The van der Waals surface area contributed by atoms with Crippen molar-refractivity contribution in [3.05, 3.63) is 34.2 Å². The Morgan fingerprint density at radius 2 is 2.00 bits per heavy atom. The SMILES string of the molecule is CCC(Oc1ccc(-c2cc(=S)ss2)cc1)C(=O)OC. The smallest absolute Gasteiger partial charge is 0.347 e. The first kappa shape index (κ1) is 15.2. The van der Waals surface area contributed by atoms with E-state index in [9.17, 15) is 4.79 Å². The van der Waals surface area contributed by atoms with E-state index in [1.54, 1.807) is 20.7 Å². The summed E-state index contributed by atoms with van der Waals surface area (Å²) in [4.78, 5) is 12.6. The highest BCUT2D eigenvalue weighted by Crippen LogP contribution is 2.30. The molecule has 1 aromatic carbocycles. The van der Waals surface area contributed by atoms with Crippen LogP contribution in [0.2, 0.25) is 0 Å². The maximum atomic E-state index is 11.5. The van der Waals surface area contributed by atoms with Crippen molar-refractivity contribution in [1.82, 2.24) is 0 Å². The standard InChI is InChI=1S/C14H14O3S3/c1-3-11(14(15)16-2)17-10-6-4-9(5-7-10)12-8-13(18)20-19-12/h4-8,11H,3H2,1-2H3. The van der Waals surface area contributed by atoms with E-state index in [0.717, 1.165) is 14.3 Å². The topological polar surface area (TPSA) is 35.5 Å². The molecular formula is C14H14O3S3. The van der Waals surface area contributed by atoms with Crippen LogP contribution in [0.3, 0.4) is 0 Å². The van der Waals surface area contributed by atoms with E-state index in [1.165, 1.54) is 7.11 Å². The molecule has 0 aliphatic rings. The van der Waals surface area contributed by atoms with Crippen LogP contribution in [0.25, 0.3) is 10.4 Å². The molecule has 0 saturated carbocycles. The summed E-state index contributed by atoms with van der Waals surface area (Å²) in [5, 5.41) is 0. The van der Waals surface area contributed by atoms with Gasteiger partial charge in [0.05, 0.1) is 7.11 Å². The van der Waals surface area contributed by atoms with Crippen molar-refractivity contribution in [3.8, 4) is 16.2 Å². The molecule has 0 fully saturated rings. The maximum absolute atomic E-state index is 11.5. The van der Waals surface area contributed by atoms with Crippen molar-refractivity contribution in [2.24, 2.45) is 0 Å². The van der Waals surface area contributed by atoms with Crippen LogP contribution in [0.4, 0.5) is 0 Å². The molecule has 1 atom stereocenters. The van der Waals surface area contributed by atoms with Gasteiger partial charge in [0, 0.05) is 4.88 Å². The van der Waals surface area contributed by atoms with Crippen LogP contribution in [0.15, 0.2) is 30.3 Å². The number of hydrogen-bond donors (Lipinski definition) is 0. The van der Waals surface area contributed by atoms with Crippen molar-refractivity contribution in [2.45, 2.75) is 19.4 Å². The number of methoxy groups -OCH3 is 1. The van der Waals surface area contributed by atoms with Crippen LogP contribution < -0.4 is 4.74 Å². The molecule has 2 aromatic rings. The predicted molar refractivity (Wildman–Crippen MR) is 85.2 cm³/mol. The summed E-state index contributed by atoms with van der Waals surface area (Å²) in [5.41, 5.74) is 1.10. The van der Waals surface area contributed by atoms with Gasteiger partial charge in [-0.3, -0.25) is 0 Å². The Bertz CT molecular complexity index is 628. The zero-order valence-electron chi connectivity index (χ0n) is 11.1. The van der Waals surface area contributed by atoms with Crippen LogP contribution in [0.5, 0.6) is 5.75 Å².